The Hall–Kier alpha value is -3.75. The Morgan fingerprint density at radius 2 is 1.80 bits per heavy atom. The van der Waals surface area contributed by atoms with Crippen LogP contribution in [0.25, 0.3) is 22.1 Å². The van der Waals surface area contributed by atoms with Gasteiger partial charge in [-0.3, -0.25) is 4.79 Å². The van der Waals surface area contributed by atoms with Gasteiger partial charge < -0.3 is 24.2 Å². The molecule has 3 aliphatic heterocycles. The van der Waals surface area contributed by atoms with Gasteiger partial charge in [0.05, 0.1) is 22.1 Å². The minimum absolute atomic E-state index is 0.0404. The van der Waals surface area contributed by atoms with E-state index >= 15 is 0 Å². The van der Waals surface area contributed by atoms with Crippen molar-refractivity contribution in [3.63, 3.8) is 0 Å². The molecule has 8 heteroatoms. The summed E-state index contributed by atoms with van der Waals surface area (Å²) in [6, 6.07) is 26.2. The SMILES string of the molecule is Cc1nc2ccccc2n1C1C[C@@H]2CC[C@](CCC3(c4ccccc4)CCN(C(=O)c4cccc5oc(=S)[nH]c45)CC3)(C1)N2. The Kier molecular flexibility index (Phi) is 6.76. The third-order valence-corrected chi connectivity index (χ3v) is 11.1. The zero-order valence-corrected chi connectivity index (χ0v) is 26.0. The number of carbonyl (C=O) groups excluding carboxylic acids is 1. The number of aromatic nitrogens is 3. The molecule has 0 aliphatic carbocycles. The normalized spacial score (nSPS) is 24.7. The fourth-order valence-electron chi connectivity index (χ4n) is 8.76. The monoisotopic (exact) mass is 605 g/mol. The Morgan fingerprint density at radius 1 is 1.00 bits per heavy atom. The highest BCUT2D eigenvalue weighted by atomic mass is 32.1. The number of fused-ring (bicyclic) bond motifs is 4. The van der Waals surface area contributed by atoms with Crippen molar-refractivity contribution >= 4 is 40.3 Å². The van der Waals surface area contributed by atoms with E-state index in [2.05, 4.69) is 76.4 Å². The van der Waals surface area contributed by atoms with Crippen molar-refractivity contribution in [3.8, 4) is 0 Å². The zero-order valence-electron chi connectivity index (χ0n) is 25.2. The molecule has 0 saturated carbocycles. The van der Waals surface area contributed by atoms with Gasteiger partial charge in [0.15, 0.2) is 5.58 Å². The van der Waals surface area contributed by atoms with E-state index in [4.69, 9.17) is 21.6 Å². The fraction of sp³-hybridized carbons (Fsp3) is 0.417. The average Bonchev–Trinajstić information content (AvgIpc) is 3.70. The number of nitrogens with one attached hydrogen (secondary N) is 2. The van der Waals surface area contributed by atoms with Crippen LogP contribution in [-0.4, -0.2) is 50.0 Å². The zero-order chi connectivity index (χ0) is 29.9. The highest BCUT2D eigenvalue weighted by molar-refractivity contribution is 7.71. The highest BCUT2D eigenvalue weighted by Gasteiger charge is 2.48. The molecule has 3 saturated heterocycles. The van der Waals surface area contributed by atoms with E-state index in [0.29, 0.717) is 33.6 Å². The molecule has 226 valence electrons. The van der Waals surface area contributed by atoms with Crippen LogP contribution in [0.2, 0.25) is 0 Å². The van der Waals surface area contributed by atoms with Crippen LogP contribution >= 0.6 is 12.2 Å². The maximum Gasteiger partial charge on any atom is 0.266 e. The van der Waals surface area contributed by atoms with Crippen LogP contribution in [0.15, 0.2) is 77.2 Å². The molecule has 3 fully saturated rings. The Balaban J connectivity index is 1.04. The molecule has 1 amide bonds. The molecule has 1 unspecified atom stereocenters. The van der Waals surface area contributed by atoms with Crippen LogP contribution in [-0.2, 0) is 5.41 Å². The molecular formula is C36H39N5O2S. The van der Waals surface area contributed by atoms with Crippen molar-refractivity contribution in [2.45, 2.75) is 81.3 Å². The number of nitrogens with zero attached hydrogens (tertiary/aromatic N) is 3. The molecular weight excluding hydrogens is 566 g/mol. The lowest BCUT2D eigenvalue weighted by atomic mass is 9.67. The van der Waals surface area contributed by atoms with Crippen molar-refractivity contribution in [1.82, 2.24) is 24.8 Å². The number of hydrogen-bond donors (Lipinski definition) is 2. The van der Waals surface area contributed by atoms with Crippen LogP contribution in [0.5, 0.6) is 0 Å². The lowest BCUT2D eigenvalue weighted by Gasteiger charge is -2.46. The second-order valence-corrected chi connectivity index (χ2v) is 13.8. The quantitative estimate of drug-likeness (QED) is 0.195. The van der Waals surface area contributed by atoms with E-state index in [1.807, 2.05) is 23.1 Å². The summed E-state index contributed by atoms with van der Waals surface area (Å²) in [5, 5.41) is 4.12. The number of hydrogen-bond acceptors (Lipinski definition) is 5. The predicted octanol–water partition coefficient (Wildman–Crippen LogP) is 7.63. The van der Waals surface area contributed by atoms with E-state index in [9.17, 15) is 4.79 Å². The number of aryl methyl sites for hydroxylation is 1. The molecule has 5 heterocycles. The molecule has 2 N–H and O–H groups in total. The molecule has 5 aromatic rings. The summed E-state index contributed by atoms with van der Waals surface area (Å²) in [4.78, 5) is 24.1. The predicted molar refractivity (Wildman–Crippen MR) is 176 cm³/mol. The van der Waals surface area contributed by atoms with Crippen LogP contribution in [0.4, 0.5) is 0 Å². The summed E-state index contributed by atoms with van der Waals surface area (Å²) < 4.78 is 8.11. The van der Waals surface area contributed by atoms with E-state index in [1.54, 1.807) is 0 Å². The number of carbonyl (C=O) groups is 1. The second-order valence-electron chi connectivity index (χ2n) is 13.4. The lowest BCUT2D eigenvalue weighted by Crippen LogP contribution is -2.51. The summed E-state index contributed by atoms with van der Waals surface area (Å²) in [7, 11) is 0. The number of imidazole rings is 1. The first-order chi connectivity index (χ1) is 21.4. The summed E-state index contributed by atoms with van der Waals surface area (Å²) in [6.45, 7) is 3.63. The first-order valence-corrected chi connectivity index (χ1v) is 16.5. The van der Waals surface area contributed by atoms with Crippen LogP contribution in [0.3, 0.4) is 0 Å². The third kappa shape index (κ3) is 4.70. The van der Waals surface area contributed by atoms with E-state index in [-0.39, 0.29) is 16.9 Å². The van der Waals surface area contributed by atoms with Gasteiger partial charge >= 0.3 is 0 Å². The third-order valence-electron chi connectivity index (χ3n) is 11.0. The first-order valence-electron chi connectivity index (χ1n) is 16.1. The van der Waals surface area contributed by atoms with Crippen molar-refractivity contribution in [2.24, 2.45) is 0 Å². The fourth-order valence-corrected chi connectivity index (χ4v) is 8.95. The number of benzene rings is 3. The number of likely N-dealkylation sites (tertiary alicyclic amines) is 1. The van der Waals surface area contributed by atoms with Crippen molar-refractivity contribution < 1.29 is 9.21 Å². The Bertz CT molecular complexity index is 1900. The Morgan fingerprint density at radius 3 is 2.64 bits per heavy atom. The number of oxazole rings is 1. The molecule has 0 radical (unpaired) electrons. The van der Waals surface area contributed by atoms with Crippen LogP contribution in [0, 0.1) is 11.8 Å². The largest absolute Gasteiger partial charge is 0.429 e. The molecule has 3 atom stereocenters. The number of H-pyrrole nitrogens is 1. The van der Waals surface area contributed by atoms with Gasteiger partial charge in [-0.2, -0.15) is 0 Å². The molecule has 0 spiro atoms. The number of para-hydroxylation sites is 3. The number of aromatic amines is 1. The highest BCUT2D eigenvalue weighted by Crippen LogP contribution is 2.48. The minimum atomic E-state index is 0.0404. The summed E-state index contributed by atoms with van der Waals surface area (Å²) >= 11 is 5.21. The molecule has 44 heavy (non-hydrogen) atoms. The minimum Gasteiger partial charge on any atom is -0.429 e. The van der Waals surface area contributed by atoms with Gasteiger partial charge in [0.2, 0.25) is 0 Å². The van der Waals surface area contributed by atoms with Gasteiger partial charge in [-0.25, -0.2) is 4.98 Å². The van der Waals surface area contributed by atoms with Crippen molar-refractivity contribution in [2.75, 3.05) is 13.1 Å². The standard InChI is InChI=1S/C36H39N5O2S/c1-24-37-29-11-5-6-12-30(29)41(24)27-22-26-14-15-36(23-27,39-26)17-16-35(25-8-3-2-4-9-25)18-20-40(21-19-35)33(42)28-10-7-13-31-32(28)38-34(44)43-31/h2-13,26-27,39H,14-23H2,1H3,(H,38,44)/t26-,27?,36-/m0/s1. The van der Waals surface area contributed by atoms with Gasteiger partial charge in [0, 0.05) is 30.7 Å². The molecule has 3 aliphatic rings. The smallest absolute Gasteiger partial charge is 0.266 e. The Labute approximate surface area is 262 Å². The number of rotatable bonds is 6. The molecule has 2 aromatic heterocycles. The summed E-state index contributed by atoms with van der Waals surface area (Å²) in [5.74, 6) is 1.17. The van der Waals surface area contributed by atoms with Crippen LogP contribution in [0.1, 0.15) is 79.2 Å². The molecule has 8 rings (SSSR count). The average molecular weight is 606 g/mol. The lowest BCUT2D eigenvalue weighted by molar-refractivity contribution is 0.0645. The summed E-state index contributed by atoms with van der Waals surface area (Å²) in [6.07, 6.45) is 8.92. The van der Waals surface area contributed by atoms with Crippen molar-refractivity contribution in [1.29, 1.82) is 0 Å². The molecule has 3 aromatic carbocycles. The second kappa shape index (κ2) is 10.7. The van der Waals surface area contributed by atoms with Gasteiger partial charge in [-0.05, 0) is 106 Å². The first kappa shape index (κ1) is 27.8. The van der Waals surface area contributed by atoms with Gasteiger partial charge in [-0.15, -0.1) is 0 Å². The number of amides is 1. The summed E-state index contributed by atoms with van der Waals surface area (Å²) in [5.41, 5.74) is 5.89. The topological polar surface area (TPSA) is 79.1 Å². The van der Waals surface area contributed by atoms with Gasteiger partial charge in [-0.1, -0.05) is 48.5 Å². The van der Waals surface area contributed by atoms with Crippen LogP contribution < -0.4 is 5.32 Å². The van der Waals surface area contributed by atoms with E-state index in [1.165, 1.54) is 23.9 Å². The number of piperidine rings is 2. The van der Waals surface area contributed by atoms with Crippen molar-refractivity contribution in [3.05, 3.63) is 94.6 Å². The molecule has 7 nitrogen and oxygen atoms in total. The van der Waals surface area contributed by atoms with Gasteiger partial charge in [0.25, 0.3) is 10.7 Å². The molecule has 2 bridgehead atoms. The maximum absolute atomic E-state index is 13.8. The van der Waals surface area contributed by atoms with E-state index in [0.717, 1.165) is 63.0 Å². The van der Waals surface area contributed by atoms with Gasteiger partial charge in [0.1, 0.15) is 5.82 Å². The van der Waals surface area contributed by atoms with E-state index < -0.39 is 0 Å². The maximum atomic E-state index is 13.8.